The summed E-state index contributed by atoms with van der Waals surface area (Å²) in [7, 11) is 0. The van der Waals surface area contributed by atoms with Gasteiger partial charge in [-0.15, -0.1) is 0 Å². The Morgan fingerprint density at radius 1 is 1.26 bits per heavy atom. The highest BCUT2D eigenvalue weighted by Gasteiger charge is 2.26. The number of nitrogens with one attached hydrogen (secondary N) is 1. The quantitative estimate of drug-likeness (QED) is 0.744. The molecule has 128 valence electrons. The molecule has 0 saturated heterocycles. The Labute approximate surface area is 142 Å². The van der Waals surface area contributed by atoms with Crippen molar-refractivity contribution in [2.75, 3.05) is 5.75 Å². The van der Waals surface area contributed by atoms with Crippen molar-refractivity contribution < 1.29 is 14.3 Å². The van der Waals surface area contributed by atoms with E-state index in [-0.39, 0.29) is 17.3 Å². The molecule has 6 heteroatoms. The highest BCUT2D eigenvalue weighted by molar-refractivity contribution is 8.00. The van der Waals surface area contributed by atoms with Crippen LogP contribution in [0.4, 0.5) is 0 Å². The lowest BCUT2D eigenvalue weighted by Crippen LogP contribution is -2.49. The first-order valence-electron chi connectivity index (χ1n) is 7.59. The lowest BCUT2D eigenvalue weighted by molar-refractivity contribution is -0.148. The number of thioether (sulfide) groups is 1. The summed E-state index contributed by atoms with van der Waals surface area (Å²) in [6.07, 6.45) is 0. The van der Waals surface area contributed by atoms with Crippen molar-refractivity contribution in [2.45, 2.75) is 51.1 Å². The average molecular weight is 338 g/mol. The Morgan fingerprint density at radius 3 is 2.39 bits per heavy atom. The minimum Gasteiger partial charge on any atom is -0.459 e. The van der Waals surface area contributed by atoms with Gasteiger partial charge in [-0.1, -0.05) is 51.1 Å². The summed E-state index contributed by atoms with van der Waals surface area (Å²) in [6, 6.07) is 8.05. The van der Waals surface area contributed by atoms with Crippen LogP contribution in [0.2, 0.25) is 0 Å². The van der Waals surface area contributed by atoms with Gasteiger partial charge >= 0.3 is 5.97 Å². The molecule has 0 aliphatic rings. The Bertz CT molecular complexity index is 512. The second kappa shape index (κ2) is 8.93. The zero-order chi connectivity index (χ0) is 17.5. The van der Waals surface area contributed by atoms with Gasteiger partial charge in [-0.25, -0.2) is 4.79 Å². The molecule has 0 aliphatic heterocycles. The summed E-state index contributed by atoms with van der Waals surface area (Å²) >= 11 is 1.59. The van der Waals surface area contributed by atoms with E-state index in [1.54, 1.807) is 18.7 Å². The molecule has 0 radical (unpaired) electrons. The summed E-state index contributed by atoms with van der Waals surface area (Å²) in [4.78, 5) is 24.1. The minimum atomic E-state index is -0.707. The van der Waals surface area contributed by atoms with Crippen LogP contribution < -0.4 is 11.1 Å². The molecule has 0 fully saturated rings. The van der Waals surface area contributed by atoms with Crippen LogP contribution >= 0.6 is 11.8 Å². The third-order valence-electron chi connectivity index (χ3n) is 2.92. The fourth-order valence-electron chi connectivity index (χ4n) is 1.63. The largest absolute Gasteiger partial charge is 0.459 e. The number of amides is 1. The van der Waals surface area contributed by atoms with Crippen molar-refractivity contribution in [1.82, 2.24) is 5.32 Å². The Hall–Kier alpha value is -1.53. The molecule has 3 N–H and O–H groups in total. The third-order valence-corrected chi connectivity index (χ3v) is 4.29. The van der Waals surface area contributed by atoms with E-state index < -0.39 is 18.1 Å². The predicted octanol–water partition coefficient (Wildman–Crippen LogP) is 2.09. The highest BCUT2D eigenvalue weighted by Crippen LogP contribution is 2.24. The van der Waals surface area contributed by atoms with E-state index >= 15 is 0 Å². The predicted molar refractivity (Wildman–Crippen MR) is 94.0 cm³/mol. The smallest absolute Gasteiger partial charge is 0.329 e. The first kappa shape index (κ1) is 19.5. The van der Waals surface area contributed by atoms with Crippen LogP contribution in [0.1, 0.15) is 33.3 Å². The zero-order valence-electron chi connectivity index (χ0n) is 14.2. The van der Waals surface area contributed by atoms with Crippen LogP contribution in [0.15, 0.2) is 30.3 Å². The van der Waals surface area contributed by atoms with E-state index in [2.05, 4.69) is 26.1 Å². The second-order valence-electron chi connectivity index (χ2n) is 6.37. The molecule has 1 aromatic rings. The third kappa shape index (κ3) is 8.04. The van der Waals surface area contributed by atoms with Gasteiger partial charge in [-0.05, 0) is 12.5 Å². The molecular weight excluding hydrogens is 312 g/mol. The number of hydrogen-bond acceptors (Lipinski definition) is 5. The second-order valence-corrected chi connectivity index (χ2v) is 8.21. The fraction of sp³-hybridized carbons (Fsp3) is 0.529. The molecule has 23 heavy (non-hydrogen) atoms. The van der Waals surface area contributed by atoms with Gasteiger partial charge in [-0.2, -0.15) is 11.8 Å². The van der Waals surface area contributed by atoms with Gasteiger partial charge in [0.25, 0.3) is 0 Å². The number of esters is 1. The minimum absolute atomic E-state index is 0.0168. The molecule has 1 amide bonds. The Morgan fingerprint density at radius 2 is 1.87 bits per heavy atom. The summed E-state index contributed by atoms with van der Waals surface area (Å²) in [5.41, 5.74) is 6.46. The van der Waals surface area contributed by atoms with Crippen LogP contribution in [-0.2, 0) is 20.9 Å². The monoisotopic (exact) mass is 338 g/mol. The molecule has 1 rings (SSSR count). The first-order valence-corrected chi connectivity index (χ1v) is 8.58. The van der Waals surface area contributed by atoms with Crippen LogP contribution in [0.25, 0.3) is 0 Å². The normalized spacial score (nSPS) is 14.0. The summed E-state index contributed by atoms with van der Waals surface area (Å²) in [5, 5.41) is 2.67. The van der Waals surface area contributed by atoms with E-state index in [1.165, 1.54) is 0 Å². The lowest BCUT2D eigenvalue weighted by Gasteiger charge is -2.23. The van der Waals surface area contributed by atoms with Gasteiger partial charge in [0.2, 0.25) is 5.91 Å². The molecule has 0 aliphatic carbocycles. The lowest BCUT2D eigenvalue weighted by atomic mass is 10.2. The van der Waals surface area contributed by atoms with Crippen LogP contribution in [0.3, 0.4) is 0 Å². The van der Waals surface area contributed by atoms with Gasteiger partial charge in [0.05, 0.1) is 6.04 Å². The van der Waals surface area contributed by atoms with E-state index in [0.29, 0.717) is 5.75 Å². The van der Waals surface area contributed by atoms with Crippen molar-refractivity contribution in [3.63, 3.8) is 0 Å². The fourth-order valence-corrected chi connectivity index (χ4v) is 2.52. The maximum Gasteiger partial charge on any atom is 0.329 e. The Balaban J connectivity index is 2.65. The molecule has 0 heterocycles. The number of carbonyl (C=O) groups is 2. The molecule has 0 aromatic heterocycles. The molecule has 1 aromatic carbocycles. The number of carbonyl (C=O) groups excluding carboxylic acids is 2. The van der Waals surface area contributed by atoms with Crippen molar-refractivity contribution in [1.29, 1.82) is 0 Å². The van der Waals surface area contributed by atoms with Gasteiger partial charge in [0, 0.05) is 10.5 Å². The van der Waals surface area contributed by atoms with Gasteiger partial charge in [-0.3, -0.25) is 4.79 Å². The van der Waals surface area contributed by atoms with Crippen LogP contribution in [0.5, 0.6) is 0 Å². The van der Waals surface area contributed by atoms with Crippen LogP contribution in [-0.4, -0.2) is 34.5 Å². The van der Waals surface area contributed by atoms with E-state index in [1.807, 2.05) is 30.3 Å². The van der Waals surface area contributed by atoms with Crippen molar-refractivity contribution in [2.24, 2.45) is 5.73 Å². The summed E-state index contributed by atoms with van der Waals surface area (Å²) in [6.45, 7) is 7.93. The van der Waals surface area contributed by atoms with E-state index in [0.717, 1.165) is 5.56 Å². The number of ether oxygens (including phenoxy) is 1. The molecule has 0 spiro atoms. The molecule has 0 bridgehead atoms. The number of benzene rings is 1. The van der Waals surface area contributed by atoms with Crippen LogP contribution in [0, 0.1) is 0 Å². The molecule has 1 unspecified atom stereocenters. The van der Waals surface area contributed by atoms with Crippen molar-refractivity contribution in [3.05, 3.63) is 35.9 Å². The van der Waals surface area contributed by atoms with Gasteiger partial charge < -0.3 is 15.8 Å². The van der Waals surface area contributed by atoms with E-state index in [9.17, 15) is 9.59 Å². The SMILES string of the molecule is CC(N)C(=O)N[C@@H](CSC(C)(C)C)C(=O)OCc1ccccc1. The van der Waals surface area contributed by atoms with E-state index in [4.69, 9.17) is 10.5 Å². The average Bonchev–Trinajstić information content (AvgIpc) is 2.48. The maximum atomic E-state index is 12.3. The summed E-state index contributed by atoms with van der Waals surface area (Å²) in [5.74, 6) is -0.365. The Kier molecular flexibility index (Phi) is 7.58. The van der Waals surface area contributed by atoms with Gasteiger partial charge in [0.15, 0.2) is 0 Å². The maximum absolute atomic E-state index is 12.3. The first-order chi connectivity index (χ1) is 10.7. The molecule has 2 atom stereocenters. The van der Waals surface area contributed by atoms with Crippen molar-refractivity contribution in [3.8, 4) is 0 Å². The molecular formula is C17H26N2O3S. The highest BCUT2D eigenvalue weighted by atomic mass is 32.2. The van der Waals surface area contributed by atoms with Gasteiger partial charge in [0.1, 0.15) is 12.6 Å². The number of hydrogen-bond donors (Lipinski definition) is 2. The summed E-state index contributed by atoms with van der Waals surface area (Å²) < 4.78 is 5.31. The topological polar surface area (TPSA) is 81.4 Å². The number of nitrogens with two attached hydrogens (primary N) is 1. The molecule has 5 nitrogen and oxygen atoms in total. The molecule has 0 saturated carbocycles. The standard InChI is InChI=1S/C17H26N2O3S/c1-12(18)15(20)19-14(11-23-17(2,3)4)16(21)22-10-13-8-6-5-7-9-13/h5-9,12,14H,10-11,18H2,1-4H3,(H,19,20)/t12?,14-/m0/s1. The number of rotatable bonds is 7. The zero-order valence-corrected chi connectivity index (χ0v) is 15.0. The van der Waals surface area contributed by atoms with Crippen molar-refractivity contribution >= 4 is 23.6 Å².